The molecule has 0 heterocycles. The zero-order chi connectivity index (χ0) is 12.0. The Hall–Kier alpha value is -0.0800. The smallest absolute Gasteiger partial charge is 0.00981 e. The Balaban J connectivity index is 2.40. The van der Waals surface area contributed by atoms with Crippen LogP contribution in [0.25, 0.3) is 0 Å². The Kier molecular flexibility index (Phi) is 6.37. The lowest BCUT2D eigenvalue weighted by Crippen LogP contribution is -2.43. The van der Waals surface area contributed by atoms with Crippen molar-refractivity contribution in [3.05, 3.63) is 0 Å². The molecule has 1 aliphatic rings. The minimum atomic E-state index is 0.676. The van der Waals surface area contributed by atoms with Crippen molar-refractivity contribution in [1.82, 2.24) is 4.90 Å². The third-order valence-electron chi connectivity index (χ3n) is 4.15. The molecule has 0 unspecified atom stereocenters. The minimum Gasteiger partial charge on any atom is -0.330 e. The van der Waals surface area contributed by atoms with Crippen LogP contribution < -0.4 is 5.73 Å². The average molecular weight is 226 g/mol. The van der Waals surface area contributed by atoms with Crippen LogP contribution in [0.5, 0.6) is 0 Å². The van der Waals surface area contributed by atoms with E-state index in [1.165, 1.54) is 38.6 Å². The van der Waals surface area contributed by atoms with Crippen LogP contribution in [-0.4, -0.2) is 30.1 Å². The molecule has 1 rings (SSSR count). The molecule has 0 spiro atoms. The molecule has 0 radical (unpaired) electrons. The van der Waals surface area contributed by atoms with E-state index in [2.05, 4.69) is 25.7 Å². The predicted molar refractivity (Wildman–Crippen MR) is 71.6 cm³/mol. The Morgan fingerprint density at radius 3 is 2.25 bits per heavy atom. The molecule has 96 valence electrons. The molecule has 1 saturated carbocycles. The van der Waals surface area contributed by atoms with Crippen molar-refractivity contribution in [3.8, 4) is 0 Å². The highest BCUT2D eigenvalue weighted by atomic mass is 15.2. The molecule has 2 N–H and O–H groups in total. The fourth-order valence-corrected chi connectivity index (χ4v) is 3.02. The highest BCUT2D eigenvalue weighted by Crippen LogP contribution is 2.30. The zero-order valence-corrected chi connectivity index (χ0v) is 11.4. The Bertz CT molecular complexity index is 172. The molecule has 1 fully saturated rings. The van der Waals surface area contributed by atoms with Gasteiger partial charge in [-0.05, 0) is 65.0 Å². The van der Waals surface area contributed by atoms with Crippen LogP contribution in [0.4, 0.5) is 0 Å². The summed E-state index contributed by atoms with van der Waals surface area (Å²) in [4.78, 5) is 2.68. The summed E-state index contributed by atoms with van der Waals surface area (Å²) in [6, 6.07) is 1.50. The van der Waals surface area contributed by atoms with Crippen molar-refractivity contribution in [2.45, 2.75) is 71.4 Å². The third kappa shape index (κ3) is 4.06. The van der Waals surface area contributed by atoms with E-state index in [0.29, 0.717) is 6.04 Å². The zero-order valence-electron chi connectivity index (χ0n) is 11.4. The van der Waals surface area contributed by atoms with Crippen LogP contribution >= 0.6 is 0 Å². The molecule has 0 aliphatic heterocycles. The summed E-state index contributed by atoms with van der Waals surface area (Å²) in [5.74, 6) is 1.000. The van der Waals surface area contributed by atoms with E-state index in [-0.39, 0.29) is 0 Å². The quantitative estimate of drug-likeness (QED) is 0.754. The third-order valence-corrected chi connectivity index (χ3v) is 4.15. The number of hydrogen-bond donors (Lipinski definition) is 1. The Morgan fingerprint density at radius 1 is 1.19 bits per heavy atom. The SMILES string of the molecule is CCC1CCC(N(CCCN)C(C)C)CC1. The van der Waals surface area contributed by atoms with Gasteiger partial charge in [0.05, 0.1) is 0 Å². The maximum absolute atomic E-state index is 5.62. The van der Waals surface area contributed by atoms with Crippen LogP contribution in [0.3, 0.4) is 0 Å². The van der Waals surface area contributed by atoms with Gasteiger partial charge in [0.2, 0.25) is 0 Å². The van der Waals surface area contributed by atoms with Crippen LogP contribution in [0.2, 0.25) is 0 Å². The van der Waals surface area contributed by atoms with E-state index in [0.717, 1.165) is 24.9 Å². The lowest BCUT2D eigenvalue weighted by molar-refractivity contribution is 0.104. The molecule has 0 bridgehead atoms. The molecular weight excluding hydrogens is 196 g/mol. The second-order valence-electron chi connectivity index (χ2n) is 5.56. The molecule has 1 aliphatic carbocycles. The van der Waals surface area contributed by atoms with E-state index in [9.17, 15) is 0 Å². The second kappa shape index (κ2) is 7.29. The Morgan fingerprint density at radius 2 is 1.81 bits per heavy atom. The van der Waals surface area contributed by atoms with Gasteiger partial charge in [-0.3, -0.25) is 4.90 Å². The minimum absolute atomic E-state index is 0.676. The topological polar surface area (TPSA) is 29.3 Å². The largest absolute Gasteiger partial charge is 0.330 e. The Labute approximate surface area is 102 Å². The summed E-state index contributed by atoms with van der Waals surface area (Å²) in [5.41, 5.74) is 5.62. The molecule has 2 nitrogen and oxygen atoms in total. The summed E-state index contributed by atoms with van der Waals surface area (Å²) >= 11 is 0. The first-order chi connectivity index (χ1) is 7.69. The van der Waals surface area contributed by atoms with E-state index in [4.69, 9.17) is 5.73 Å². The van der Waals surface area contributed by atoms with Crippen LogP contribution in [-0.2, 0) is 0 Å². The first kappa shape index (κ1) is 14.0. The van der Waals surface area contributed by atoms with Crippen LogP contribution in [0, 0.1) is 5.92 Å². The summed E-state index contributed by atoms with van der Waals surface area (Å²) in [5, 5.41) is 0. The van der Waals surface area contributed by atoms with E-state index in [1.54, 1.807) is 0 Å². The fourth-order valence-electron chi connectivity index (χ4n) is 3.02. The molecule has 0 aromatic heterocycles. The highest BCUT2D eigenvalue weighted by Gasteiger charge is 2.25. The van der Waals surface area contributed by atoms with Crippen molar-refractivity contribution >= 4 is 0 Å². The number of nitrogens with two attached hydrogens (primary N) is 1. The van der Waals surface area contributed by atoms with Crippen molar-refractivity contribution in [2.24, 2.45) is 11.7 Å². The second-order valence-corrected chi connectivity index (χ2v) is 5.56. The molecule has 0 aromatic rings. The van der Waals surface area contributed by atoms with Gasteiger partial charge in [-0.25, -0.2) is 0 Å². The maximum Gasteiger partial charge on any atom is 0.00981 e. The number of hydrogen-bond acceptors (Lipinski definition) is 2. The first-order valence-corrected chi connectivity index (χ1v) is 7.14. The lowest BCUT2D eigenvalue weighted by atomic mass is 9.83. The highest BCUT2D eigenvalue weighted by molar-refractivity contribution is 4.81. The van der Waals surface area contributed by atoms with Crippen molar-refractivity contribution in [2.75, 3.05) is 13.1 Å². The van der Waals surface area contributed by atoms with Gasteiger partial charge in [0.25, 0.3) is 0 Å². The normalized spacial score (nSPS) is 26.6. The van der Waals surface area contributed by atoms with Crippen molar-refractivity contribution < 1.29 is 0 Å². The lowest BCUT2D eigenvalue weighted by Gasteiger charge is -2.39. The summed E-state index contributed by atoms with van der Waals surface area (Å²) in [6.07, 6.45) is 8.20. The van der Waals surface area contributed by atoms with Gasteiger partial charge in [0.15, 0.2) is 0 Å². The van der Waals surface area contributed by atoms with E-state index >= 15 is 0 Å². The van der Waals surface area contributed by atoms with Crippen molar-refractivity contribution in [3.63, 3.8) is 0 Å². The van der Waals surface area contributed by atoms with Crippen molar-refractivity contribution in [1.29, 1.82) is 0 Å². The fraction of sp³-hybridized carbons (Fsp3) is 1.00. The molecular formula is C14H30N2. The van der Waals surface area contributed by atoms with Gasteiger partial charge in [-0.2, -0.15) is 0 Å². The van der Waals surface area contributed by atoms with Gasteiger partial charge in [-0.1, -0.05) is 13.3 Å². The average Bonchev–Trinajstić information content (AvgIpc) is 2.30. The molecule has 2 heteroatoms. The molecule has 0 saturated heterocycles. The summed E-state index contributed by atoms with van der Waals surface area (Å²) in [7, 11) is 0. The standard InChI is InChI=1S/C14H30N2/c1-4-13-6-8-14(9-7-13)16(12(2)3)11-5-10-15/h12-14H,4-11,15H2,1-3H3. The van der Waals surface area contributed by atoms with Gasteiger partial charge in [0.1, 0.15) is 0 Å². The molecule has 16 heavy (non-hydrogen) atoms. The number of nitrogens with zero attached hydrogens (tertiary/aromatic N) is 1. The van der Waals surface area contributed by atoms with E-state index in [1.807, 2.05) is 0 Å². The molecule has 0 amide bonds. The monoisotopic (exact) mass is 226 g/mol. The molecule has 0 aromatic carbocycles. The van der Waals surface area contributed by atoms with Gasteiger partial charge in [0, 0.05) is 12.1 Å². The number of rotatable bonds is 6. The first-order valence-electron chi connectivity index (χ1n) is 7.14. The summed E-state index contributed by atoms with van der Waals surface area (Å²) < 4.78 is 0. The maximum atomic E-state index is 5.62. The van der Waals surface area contributed by atoms with E-state index < -0.39 is 0 Å². The predicted octanol–water partition coefficient (Wildman–Crippen LogP) is 3.01. The van der Waals surface area contributed by atoms with Gasteiger partial charge >= 0.3 is 0 Å². The van der Waals surface area contributed by atoms with Gasteiger partial charge < -0.3 is 5.73 Å². The molecule has 0 atom stereocenters. The summed E-state index contributed by atoms with van der Waals surface area (Å²) in [6.45, 7) is 8.99. The van der Waals surface area contributed by atoms with Crippen LogP contribution in [0.1, 0.15) is 59.3 Å². The van der Waals surface area contributed by atoms with Crippen LogP contribution in [0.15, 0.2) is 0 Å². The van der Waals surface area contributed by atoms with Gasteiger partial charge in [-0.15, -0.1) is 0 Å².